The molecule has 52 heavy (non-hydrogen) atoms. The van der Waals surface area contributed by atoms with Gasteiger partial charge in [-0.15, -0.1) is 0 Å². The molecule has 13 nitrogen and oxygen atoms in total. The molecule has 0 bridgehead atoms. The van der Waals surface area contributed by atoms with Crippen molar-refractivity contribution in [2.75, 3.05) is 49.3 Å². The van der Waals surface area contributed by atoms with Gasteiger partial charge in [-0.05, 0) is 76.6 Å². The quantitative estimate of drug-likeness (QED) is 0.159. The van der Waals surface area contributed by atoms with Gasteiger partial charge in [0, 0.05) is 43.7 Å². The minimum atomic E-state index is -0.555. The van der Waals surface area contributed by atoms with E-state index in [0.29, 0.717) is 40.9 Å². The second-order valence-electron chi connectivity index (χ2n) is 13.6. The van der Waals surface area contributed by atoms with Gasteiger partial charge in [-0.25, -0.2) is 9.59 Å². The highest BCUT2D eigenvalue weighted by Gasteiger charge is 2.31. The van der Waals surface area contributed by atoms with Crippen LogP contribution in [0.3, 0.4) is 0 Å². The van der Waals surface area contributed by atoms with Gasteiger partial charge in [0.1, 0.15) is 17.1 Å². The first kappa shape index (κ1) is 38.1. The van der Waals surface area contributed by atoms with Crippen molar-refractivity contribution in [2.45, 2.75) is 72.1 Å². The molecule has 4 N–H and O–H groups in total. The predicted octanol–water partition coefficient (Wildman–Crippen LogP) is 7.05. The Balaban J connectivity index is 1.37. The minimum Gasteiger partial charge on any atom is -0.490 e. The third-order valence-corrected chi connectivity index (χ3v) is 9.41. The van der Waals surface area contributed by atoms with E-state index in [1.807, 2.05) is 56.3 Å². The molecule has 0 saturated heterocycles. The van der Waals surface area contributed by atoms with Gasteiger partial charge >= 0.3 is 12.1 Å². The van der Waals surface area contributed by atoms with Crippen molar-refractivity contribution in [1.82, 2.24) is 15.0 Å². The van der Waals surface area contributed by atoms with Crippen LogP contribution in [0.4, 0.5) is 26.7 Å². The molecule has 2 heterocycles. The summed E-state index contributed by atoms with van der Waals surface area (Å²) in [5.41, 5.74) is 2.34. The number of hydrogen-bond acceptors (Lipinski definition) is 8. The lowest BCUT2D eigenvalue weighted by Crippen LogP contribution is -2.48. The summed E-state index contributed by atoms with van der Waals surface area (Å²) < 4.78 is 17.9. The summed E-state index contributed by atoms with van der Waals surface area (Å²) in [5, 5.41) is 24.7. The highest BCUT2D eigenvalue weighted by molar-refractivity contribution is 6.03. The first-order valence-electron chi connectivity index (χ1n) is 17.8. The smallest absolute Gasteiger partial charge is 0.323 e. The van der Waals surface area contributed by atoms with Crippen LogP contribution in [0.5, 0.6) is 5.75 Å². The molecular weight excluding hydrogens is 664 g/mol. The number of anilines is 3. The number of aromatic nitrogens is 1. The van der Waals surface area contributed by atoms with Crippen LogP contribution in [0.2, 0.25) is 0 Å². The van der Waals surface area contributed by atoms with Crippen LogP contribution < -0.4 is 20.7 Å². The van der Waals surface area contributed by atoms with Crippen molar-refractivity contribution >= 4 is 45.8 Å². The van der Waals surface area contributed by atoms with Gasteiger partial charge in [-0.2, -0.15) is 0 Å². The number of nitrogens with zero attached hydrogens (tertiary/aromatic N) is 3. The number of aryl methyl sites for hydroxylation is 2. The summed E-state index contributed by atoms with van der Waals surface area (Å²) in [4.78, 5) is 44.1. The second-order valence-corrected chi connectivity index (χ2v) is 13.6. The minimum absolute atomic E-state index is 0.210. The topological polar surface area (TPSA) is 158 Å². The monoisotopic (exact) mass is 714 g/mol. The van der Waals surface area contributed by atoms with E-state index in [0.717, 1.165) is 30.0 Å². The van der Waals surface area contributed by atoms with E-state index in [9.17, 15) is 19.5 Å². The van der Waals surface area contributed by atoms with E-state index >= 15 is 0 Å². The van der Waals surface area contributed by atoms with Gasteiger partial charge in [-0.1, -0.05) is 48.5 Å². The molecule has 3 aromatic carbocycles. The Hall–Kier alpha value is -5.14. The van der Waals surface area contributed by atoms with Gasteiger partial charge in [-0.3, -0.25) is 4.79 Å². The fraction of sp³-hybridized carbons (Fsp3) is 0.436. The van der Waals surface area contributed by atoms with E-state index in [1.54, 1.807) is 55.8 Å². The normalized spacial score (nSPS) is 19.2. The molecule has 278 valence electrons. The molecule has 1 aromatic heterocycles. The van der Waals surface area contributed by atoms with Gasteiger partial charge in [0.2, 0.25) is 0 Å². The number of carbonyl (C=O) groups excluding carboxylic acids is 3. The fourth-order valence-electron chi connectivity index (χ4n) is 6.30. The average molecular weight is 715 g/mol. The highest BCUT2D eigenvalue weighted by Crippen LogP contribution is 2.29. The molecule has 4 atom stereocenters. The number of amides is 5. The molecule has 0 fully saturated rings. The van der Waals surface area contributed by atoms with Crippen LogP contribution in [0.25, 0.3) is 10.8 Å². The lowest BCUT2D eigenvalue weighted by molar-refractivity contribution is -0.0115. The average Bonchev–Trinajstić information content (AvgIpc) is 3.44. The van der Waals surface area contributed by atoms with Crippen LogP contribution in [0.15, 0.2) is 65.2 Å². The van der Waals surface area contributed by atoms with Crippen LogP contribution in [-0.2, 0) is 4.74 Å². The first-order valence-corrected chi connectivity index (χ1v) is 17.8. The van der Waals surface area contributed by atoms with Crippen molar-refractivity contribution in [3.63, 3.8) is 0 Å². The van der Waals surface area contributed by atoms with Crippen LogP contribution in [0.1, 0.15) is 61.8 Å². The summed E-state index contributed by atoms with van der Waals surface area (Å²) in [7, 11) is 1.73. The number of aliphatic hydroxyl groups excluding tert-OH is 1. The number of fused-ring (bicyclic) bond motifs is 2. The van der Waals surface area contributed by atoms with Crippen molar-refractivity contribution in [2.24, 2.45) is 5.92 Å². The van der Waals surface area contributed by atoms with Crippen molar-refractivity contribution in [1.29, 1.82) is 0 Å². The lowest BCUT2D eigenvalue weighted by atomic mass is 10.0. The zero-order valence-corrected chi connectivity index (χ0v) is 30.8. The van der Waals surface area contributed by atoms with E-state index in [2.05, 4.69) is 21.1 Å². The lowest BCUT2D eigenvalue weighted by Gasteiger charge is -2.35. The zero-order chi connectivity index (χ0) is 37.4. The Bertz CT molecular complexity index is 1840. The molecule has 5 rings (SSSR count). The molecule has 0 saturated carbocycles. The maximum absolute atomic E-state index is 14.5. The molecule has 0 aliphatic carbocycles. The number of ether oxygens (including phenoxy) is 2. The van der Waals surface area contributed by atoms with Crippen LogP contribution in [-0.4, -0.2) is 89.6 Å². The number of urea groups is 2. The molecule has 0 radical (unpaired) electrons. The third-order valence-electron chi connectivity index (χ3n) is 9.41. The predicted molar refractivity (Wildman–Crippen MR) is 201 cm³/mol. The van der Waals surface area contributed by atoms with Gasteiger partial charge in [0.15, 0.2) is 5.76 Å². The van der Waals surface area contributed by atoms with Crippen molar-refractivity contribution in [3.05, 3.63) is 77.7 Å². The third kappa shape index (κ3) is 9.39. The Kier molecular flexibility index (Phi) is 12.7. The molecule has 1 aliphatic heterocycles. The largest absolute Gasteiger partial charge is 0.490 e. The van der Waals surface area contributed by atoms with E-state index < -0.39 is 18.2 Å². The zero-order valence-electron chi connectivity index (χ0n) is 30.8. The fourth-order valence-corrected chi connectivity index (χ4v) is 6.30. The second kappa shape index (κ2) is 17.4. The molecule has 0 spiro atoms. The Morgan fingerprint density at radius 1 is 1.04 bits per heavy atom. The number of nitrogens with one attached hydrogen (secondary N) is 3. The van der Waals surface area contributed by atoms with E-state index in [1.165, 1.54) is 0 Å². The summed E-state index contributed by atoms with van der Waals surface area (Å²) in [6.07, 6.45) is 1.72. The standard InChI is InChI=1S/C39H50N6O7/c1-24-21-45(25(2)23-46)37(47)32-20-30(40-38(48)42-36-27(4)43-52-28(36)5)17-18-34(32)51-26(3)12-9-10-19-50-35(24)22-44(6)39(49)41-33-16-11-14-29-13-7-8-15-31(29)33/h7-8,11,13-18,20,24-26,35,46H,9-10,12,19,21-23H2,1-6H3,(H,41,49)(H2,40,42,48)/t24-,25+,26-,35-/m1/s1. The summed E-state index contributed by atoms with van der Waals surface area (Å²) in [6.45, 7) is 9.83. The molecule has 0 unspecified atom stereocenters. The van der Waals surface area contributed by atoms with Crippen LogP contribution in [0, 0.1) is 19.8 Å². The molecule has 5 amide bonds. The summed E-state index contributed by atoms with van der Waals surface area (Å²) >= 11 is 0. The summed E-state index contributed by atoms with van der Waals surface area (Å²) in [5.74, 6) is 0.241. The number of carbonyl (C=O) groups is 3. The molecule has 4 aromatic rings. The maximum Gasteiger partial charge on any atom is 0.323 e. The number of hydrogen-bond donors (Lipinski definition) is 4. The first-order chi connectivity index (χ1) is 24.9. The van der Waals surface area contributed by atoms with Gasteiger partial charge < -0.3 is 44.9 Å². The maximum atomic E-state index is 14.5. The van der Waals surface area contributed by atoms with E-state index in [-0.39, 0.29) is 49.2 Å². The molecule has 1 aliphatic rings. The summed E-state index contributed by atoms with van der Waals surface area (Å²) in [6, 6.07) is 17.3. The Morgan fingerprint density at radius 3 is 2.56 bits per heavy atom. The number of benzene rings is 3. The molecule has 13 heteroatoms. The van der Waals surface area contributed by atoms with E-state index in [4.69, 9.17) is 14.0 Å². The number of aliphatic hydroxyl groups is 1. The highest BCUT2D eigenvalue weighted by atomic mass is 16.5. The van der Waals surface area contributed by atoms with Gasteiger partial charge in [0.25, 0.3) is 5.91 Å². The van der Waals surface area contributed by atoms with Gasteiger partial charge in [0.05, 0.1) is 36.1 Å². The van der Waals surface area contributed by atoms with Crippen molar-refractivity contribution in [3.8, 4) is 5.75 Å². The Labute approximate surface area is 304 Å². The SMILES string of the molecule is Cc1noc(C)c1NC(=O)Nc1ccc2c(c1)C(=O)N([C@@H](C)CO)C[C@@H](C)[C@@H](CN(C)C(=O)Nc1cccc3ccccc13)OCCCC[C@@H](C)O2. The molecular formula is C39H50N6O7. The number of rotatable bonds is 7. The Morgan fingerprint density at radius 2 is 1.81 bits per heavy atom. The van der Waals surface area contributed by atoms with Crippen molar-refractivity contribution < 1.29 is 33.5 Å². The van der Waals surface area contributed by atoms with Crippen LogP contribution >= 0.6 is 0 Å². The number of likely N-dealkylation sites (N-methyl/N-ethyl adjacent to an activating group) is 1.